The van der Waals surface area contributed by atoms with Gasteiger partial charge in [0.2, 0.25) is 5.91 Å². The van der Waals surface area contributed by atoms with Crippen LogP contribution in [0.2, 0.25) is 0 Å². The summed E-state index contributed by atoms with van der Waals surface area (Å²) in [5.74, 6) is -0.546. The summed E-state index contributed by atoms with van der Waals surface area (Å²) in [6.45, 7) is 2.13. The van der Waals surface area contributed by atoms with Crippen molar-refractivity contribution in [3.8, 4) is 0 Å². The van der Waals surface area contributed by atoms with Crippen LogP contribution in [0, 0.1) is 12.7 Å². The fourth-order valence-corrected chi connectivity index (χ4v) is 4.51. The van der Waals surface area contributed by atoms with Gasteiger partial charge in [0.05, 0.1) is 21.5 Å². The summed E-state index contributed by atoms with van der Waals surface area (Å²) in [5, 5.41) is 3.99. The molecule has 2 heterocycles. The number of aryl methyl sites for hydroxylation is 1. The largest absolute Gasteiger partial charge is 0.342 e. The van der Waals surface area contributed by atoms with Crippen molar-refractivity contribution in [3.63, 3.8) is 0 Å². The van der Waals surface area contributed by atoms with Gasteiger partial charge < -0.3 is 10.2 Å². The molecule has 1 N–H and O–H groups in total. The first-order valence-electron chi connectivity index (χ1n) is 7.93. The second-order valence-corrected chi connectivity index (χ2v) is 8.02. The van der Waals surface area contributed by atoms with Gasteiger partial charge in [0.15, 0.2) is 10.3 Å². The number of fused-ring (bicyclic) bond motifs is 2. The molecular formula is C18H15FN4OS2. The molecule has 0 atom stereocenters. The number of hydrogen-bond acceptors (Lipinski definition) is 6. The quantitative estimate of drug-likeness (QED) is 0.564. The Labute approximate surface area is 157 Å². The number of aromatic nitrogens is 2. The third-order valence-electron chi connectivity index (χ3n) is 3.86. The van der Waals surface area contributed by atoms with E-state index < -0.39 is 0 Å². The Morgan fingerprint density at radius 2 is 2.04 bits per heavy atom. The molecule has 0 aliphatic rings. The van der Waals surface area contributed by atoms with Crippen molar-refractivity contribution >= 4 is 59.3 Å². The zero-order valence-electron chi connectivity index (χ0n) is 14.1. The number of carbonyl (C=O) groups excluding carboxylic acids is 1. The smallest absolute Gasteiger partial charge is 0.245 e. The van der Waals surface area contributed by atoms with Gasteiger partial charge in [-0.25, -0.2) is 14.4 Å². The summed E-state index contributed by atoms with van der Waals surface area (Å²) in [6, 6.07) is 10.8. The van der Waals surface area contributed by atoms with Crippen LogP contribution in [0.25, 0.3) is 20.4 Å². The molecular weight excluding hydrogens is 371 g/mol. The number of halogens is 1. The highest BCUT2D eigenvalue weighted by molar-refractivity contribution is 7.22. The molecule has 0 unspecified atom stereocenters. The number of carbonyl (C=O) groups is 1. The number of nitrogens with zero attached hydrogens (tertiary/aromatic N) is 3. The van der Waals surface area contributed by atoms with Gasteiger partial charge in [0.25, 0.3) is 0 Å². The van der Waals surface area contributed by atoms with E-state index in [2.05, 4.69) is 15.3 Å². The van der Waals surface area contributed by atoms with E-state index in [1.807, 2.05) is 31.2 Å². The lowest BCUT2D eigenvalue weighted by Crippen LogP contribution is -2.29. The number of rotatable bonds is 4. The van der Waals surface area contributed by atoms with Crippen molar-refractivity contribution in [2.45, 2.75) is 6.92 Å². The lowest BCUT2D eigenvalue weighted by molar-refractivity contribution is -0.114. The molecule has 5 nitrogen and oxygen atoms in total. The molecule has 0 spiro atoms. The van der Waals surface area contributed by atoms with Crippen molar-refractivity contribution in [2.24, 2.45) is 0 Å². The maximum absolute atomic E-state index is 13.8. The number of hydrogen-bond donors (Lipinski definition) is 1. The van der Waals surface area contributed by atoms with Gasteiger partial charge >= 0.3 is 0 Å². The maximum Gasteiger partial charge on any atom is 0.245 e. The molecule has 0 bridgehead atoms. The van der Waals surface area contributed by atoms with E-state index in [0.717, 1.165) is 20.5 Å². The second kappa shape index (κ2) is 6.62. The van der Waals surface area contributed by atoms with E-state index >= 15 is 0 Å². The van der Waals surface area contributed by atoms with Gasteiger partial charge in [-0.1, -0.05) is 34.8 Å². The summed E-state index contributed by atoms with van der Waals surface area (Å²) in [5.41, 5.74) is 2.36. The minimum Gasteiger partial charge on any atom is -0.342 e. The van der Waals surface area contributed by atoms with Gasteiger partial charge in [-0.05, 0) is 36.8 Å². The van der Waals surface area contributed by atoms with E-state index in [1.54, 1.807) is 18.0 Å². The second-order valence-electron chi connectivity index (χ2n) is 5.98. The molecule has 0 saturated carbocycles. The third kappa shape index (κ3) is 3.25. The van der Waals surface area contributed by atoms with Crippen LogP contribution in [-0.2, 0) is 4.79 Å². The number of amides is 1. The standard InChI is InChI=1S/C18H15FN4OS2/c1-10-6-7-12-14(8-10)25-17(20-12)21-15(24)9-23(2)18-22-16-11(19)4-3-5-13(16)26-18/h3-8H,9H2,1-2H3,(H,20,21,24). The highest BCUT2D eigenvalue weighted by atomic mass is 32.1. The Hall–Kier alpha value is -2.58. The molecule has 0 saturated heterocycles. The maximum atomic E-state index is 13.8. The van der Waals surface area contributed by atoms with Gasteiger partial charge in [0.1, 0.15) is 11.3 Å². The van der Waals surface area contributed by atoms with Crippen molar-refractivity contribution < 1.29 is 9.18 Å². The van der Waals surface area contributed by atoms with Crippen LogP contribution < -0.4 is 10.2 Å². The fraction of sp³-hybridized carbons (Fsp3) is 0.167. The SMILES string of the molecule is Cc1ccc2nc(NC(=O)CN(C)c3nc4c(F)cccc4s3)sc2c1. The van der Waals surface area contributed by atoms with Gasteiger partial charge in [0, 0.05) is 7.05 Å². The van der Waals surface area contributed by atoms with Gasteiger partial charge in [-0.15, -0.1) is 0 Å². The Kier molecular flexibility index (Phi) is 4.29. The summed E-state index contributed by atoms with van der Waals surface area (Å²) < 4.78 is 15.6. The van der Waals surface area contributed by atoms with Crippen molar-refractivity contribution in [3.05, 3.63) is 47.8 Å². The lowest BCUT2D eigenvalue weighted by Gasteiger charge is -2.14. The Morgan fingerprint density at radius 1 is 1.19 bits per heavy atom. The number of anilines is 2. The predicted molar refractivity (Wildman–Crippen MR) is 106 cm³/mol. The Morgan fingerprint density at radius 3 is 2.85 bits per heavy atom. The molecule has 2 aromatic carbocycles. The molecule has 4 aromatic rings. The van der Waals surface area contributed by atoms with Crippen LogP contribution in [0.3, 0.4) is 0 Å². The Balaban J connectivity index is 1.48. The highest BCUT2D eigenvalue weighted by Crippen LogP contribution is 2.30. The molecule has 26 heavy (non-hydrogen) atoms. The van der Waals surface area contributed by atoms with Crippen LogP contribution in [0.4, 0.5) is 14.7 Å². The zero-order valence-corrected chi connectivity index (χ0v) is 15.7. The number of likely N-dealkylation sites (N-methyl/N-ethyl adjacent to an activating group) is 1. The van der Waals surface area contributed by atoms with Crippen LogP contribution in [0.15, 0.2) is 36.4 Å². The summed E-state index contributed by atoms with van der Waals surface area (Å²) in [4.78, 5) is 22.8. The van der Waals surface area contributed by atoms with Crippen molar-refractivity contribution in [1.82, 2.24) is 9.97 Å². The van der Waals surface area contributed by atoms with Crippen LogP contribution in [0.1, 0.15) is 5.56 Å². The van der Waals surface area contributed by atoms with Crippen molar-refractivity contribution in [2.75, 3.05) is 23.8 Å². The summed E-state index contributed by atoms with van der Waals surface area (Å²) in [6.07, 6.45) is 0. The molecule has 0 radical (unpaired) electrons. The molecule has 0 aliphatic heterocycles. The molecule has 0 aliphatic carbocycles. The minimum absolute atomic E-state index is 0.108. The number of nitrogens with one attached hydrogen (secondary N) is 1. The summed E-state index contributed by atoms with van der Waals surface area (Å²) >= 11 is 2.80. The van der Waals surface area contributed by atoms with Gasteiger partial charge in [-0.3, -0.25) is 4.79 Å². The van der Waals surface area contributed by atoms with Crippen molar-refractivity contribution in [1.29, 1.82) is 0 Å². The van der Waals surface area contributed by atoms with Crippen LogP contribution >= 0.6 is 22.7 Å². The number of benzene rings is 2. The normalized spacial score (nSPS) is 11.2. The number of thiazole rings is 2. The molecule has 132 valence electrons. The van der Waals surface area contributed by atoms with E-state index in [1.165, 1.54) is 28.7 Å². The fourth-order valence-electron chi connectivity index (χ4n) is 2.59. The Bertz CT molecular complexity index is 1120. The van der Waals surface area contributed by atoms with E-state index in [4.69, 9.17) is 0 Å². The first kappa shape index (κ1) is 16.9. The molecule has 0 fully saturated rings. The van der Waals surface area contributed by atoms with E-state index in [9.17, 15) is 9.18 Å². The first-order chi connectivity index (χ1) is 12.5. The van der Waals surface area contributed by atoms with Crippen LogP contribution in [-0.4, -0.2) is 29.5 Å². The zero-order chi connectivity index (χ0) is 18.3. The van der Waals surface area contributed by atoms with E-state index in [-0.39, 0.29) is 18.3 Å². The summed E-state index contributed by atoms with van der Waals surface area (Å²) in [7, 11) is 1.76. The molecule has 4 rings (SSSR count). The first-order valence-corrected chi connectivity index (χ1v) is 9.56. The molecule has 2 aromatic heterocycles. The average molecular weight is 386 g/mol. The minimum atomic E-state index is -0.354. The van der Waals surface area contributed by atoms with Crippen LogP contribution in [0.5, 0.6) is 0 Å². The number of para-hydroxylation sites is 1. The monoisotopic (exact) mass is 386 g/mol. The topological polar surface area (TPSA) is 58.1 Å². The molecule has 1 amide bonds. The highest BCUT2D eigenvalue weighted by Gasteiger charge is 2.15. The lowest BCUT2D eigenvalue weighted by atomic mass is 10.2. The van der Waals surface area contributed by atoms with E-state index in [0.29, 0.717) is 15.8 Å². The molecule has 8 heteroatoms. The third-order valence-corrected chi connectivity index (χ3v) is 5.92. The predicted octanol–water partition coefficient (Wildman–Crippen LogP) is 4.43. The average Bonchev–Trinajstić information content (AvgIpc) is 3.18. The van der Waals surface area contributed by atoms with Gasteiger partial charge in [-0.2, -0.15) is 0 Å².